The third kappa shape index (κ3) is 2.88. The third-order valence-electron chi connectivity index (χ3n) is 3.86. The highest BCUT2D eigenvalue weighted by Gasteiger charge is 2.41. The Balaban J connectivity index is 2.04. The number of carboxylic acid groups (broad SMARTS) is 1. The van der Waals surface area contributed by atoms with Crippen molar-refractivity contribution in [1.29, 1.82) is 0 Å². The van der Waals surface area contributed by atoms with Crippen molar-refractivity contribution in [2.75, 3.05) is 12.3 Å². The van der Waals surface area contributed by atoms with Gasteiger partial charge in [0.1, 0.15) is 0 Å². The fourth-order valence-electron chi connectivity index (χ4n) is 2.55. The summed E-state index contributed by atoms with van der Waals surface area (Å²) in [6.07, 6.45) is 2.98. The number of aliphatic carboxylic acids is 1. The zero-order valence-electron chi connectivity index (χ0n) is 11.0. The van der Waals surface area contributed by atoms with E-state index in [1.54, 1.807) is 12.1 Å². The van der Waals surface area contributed by atoms with Gasteiger partial charge in [-0.1, -0.05) is 24.4 Å². The zero-order chi connectivity index (χ0) is 14.8. The van der Waals surface area contributed by atoms with E-state index in [-0.39, 0.29) is 12.5 Å². The second kappa shape index (κ2) is 5.71. The van der Waals surface area contributed by atoms with Crippen LogP contribution in [0.1, 0.15) is 36.0 Å². The molecule has 0 spiro atoms. The minimum absolute atomic E-state index is 0.143. The van der Waals surface area contributed by atoms with Gasteiger partial charge >= 0.3 is 5.97 Å². The number of anilines is 1. The number of halogens is 1. The lowest BCUT2D eigenvalue weighted by molar-refractivity contribution is -0.148. The van der Waals surface area contributed by atoms with Gasteiger partial charge in [0.2, 0.25) is 0 Å². The minimum Gasteiger partial charge on any atom is -0.481 e. The Labute approximate surface area is 122 Å². The SMILES string of the molecule is Nc1cc(C(=O)NCC2(C(=O)O)CCCC2)ccc1Cl. The van der Waals surface area contributed by atoms with Crippen LogP contribution < -0.4 is 11.1 Å². The smallest absolute Gasteiger partial charge is 0.311 e. The number of hydrogen-bond donors (Lipinski definition) is 3. The van der Waals surface area contributed by atoms with Crippen molar-refractivity contribution >= 4 is 29.2 Å². The standard InChI is InChI=1S/C14H17ClN2O3/c15-10-4-3-9(7-11(10)16)12(18)17-8-14(13(19)20)5-1-2-6-14/h3-4,7H,1-2,5-6,8,16H2,(H,17,18)(H,19,20). The van der Waals surface area contributed by atoms with Crippen LogP contribution in [0.4, 0.5) is 5.69 Å². The van der Waals surface area contributed by atoms with E-state index in [4.69, 9.17) is 17.3 Å². The van der Waals surface area contributed by atoms with Crippen LogP contribution in [0.15, 0.2) is 18.2 Å². The van der Waals surface area contributed by atoms with Crippen molar-refractivity contribution in [3.8, 4) is 0 Å². The fraction of sp³-hybridized carbons (Fsp3) is 0.429. The first-order valence-corrected chi connectivity index (χ1v) is 6.89. The molecule has 1 aromatic rings. The van der Waals surface area contributed by atoms with Crippen LogP contribution >= 0.6 is 11.6 Å². The third-order valence-corrected chi connectivity index (χ3v) is 4.20. The molecule has 1 saturated carbocycles. The first-order chi connectivity index (χ1) is 9.44. The highest BCUT2D eigenvalue weighted by atomic mass is 35.5. The summed E-state index contributed by atoms with van der Waals surface area (Å²) in [4.78, 5) is 23.4. The number of nitrogens with two attached hydrogens (primary N) is 1. The van der Waals surface area contributed by atoms with Crippen LogP contribution in [0, 0.1) is 5.41 Å². The molecular weight excluding hydrogens is 280 g/mol. The molecule has 0 heterocycles. The van der Waals surface area contributed by atoms with E-state index >= 15 is 0 Å². The molecule has 0 aliphatic heterocycles. The number of benzene rings is 1. The normalized spacial score (nSPS) is 16.9. The van der Waals surface area contributed by atoms with Gasteiger partial charge in [0.25, 0.3) is 5.91 Å². The molecule has 0 radical (unpaired) electrons. The molecule has 4 N–H and O–H groups in total. The Bertz CT molecular complexity index is 539. The Hall–Kier alpha value is -1.75. The number of hydrogen-bond acceptors (Lipinski definition) is 3. The molecule has 0 saturated heterocycles. The van der Waals surface area contributed by atoms with Gasteiger partial charge in [0, 0.05) is 12.1 Å². The van der Waals surface area contributed by atoms with Crippen LogP contribution in [0.25, 0.3) is 0 Å². The summed E-state index contributed by atoms with van der Waals surface area (Å²) in [5.74, 6) is -1.17. The predicted molar refractivity (Wildman–Crippen MR) is 76.7 cm³/mol. The Kier molecular flexibility index (Phi) is 4.18. The molecule has 1 amide bonds. The van der Waals surface area contributed by atoms with Gasteiger partial charge in [0.05, 0.1) is 16.1 Å². The predicted octanol–water partition coefficient (Wildman–Crippen LogP) is 2.30. The van der Waals surface area contributed by atoms with E-state index in [9.17, 15) is 14.7 Å². The van der Waals surface area contributed by atoms with E-state index in [1.807, 2.05) is 0 Å². The van der Waals surface area contributed by atoms with Gasteiger partial charge in [0.15, 0.2) is 0 Å². The summed E-state index contributed by atoms with van der Waals surface area (Å²) in [6, 6.07) is 4.60. The summed E-state index contributed by atoms with van der Waals surface area (Å²) in [7, 11) is 0. The number of carbonyl (C=O) groups excluding carboxylic acids is 1. The van der Waals surface area contributed by atoms with Crippen molar-refractivity contribution in [3.05, 3.63) is 28.8 Å². The number of amides is 1. The van der Waals surface area contributed by atoms with Gasteiger partial charge in [-0.2, -0.15) is 0 Å². The molecule has 1 fully saturated rings. The number of nitrogen functional groups attached to an aromatic ring is 1. The van der Waals surface area contributed by atoms with E-state index in [0.29, 0.717) is 29.1 Å². The largest absolute Gasteiger partial charge is 0.481 e. The lowest BCUT2D eigenvalue weighted by atomic mass is 9.86. The molecular formula is C14H17ClN2O3. The highest BCUT2D eigenvalue weighted by Crippen LogP contribution is 2.37. The summed E-state index contributed by atoms with van der Waals surface area (Å²) < 4.78 is 0. The first-order valence-electron chi connectivity index (χ1n) is 6.51. The van der Waals surface area contributed by atoms with Crippen LogP contribution in [-0.2, 0) is 4.79 Å². The van der Waals surface area contributed by atoms with Crippen LogP contribution in [-0.4, -0.2) is 23.5 Å². The zero-order valence-corrected chi connectivity index (χ0v) is 11.7. The van der Waals surface area contributed by atoms with Gasteiger partial charge in [-0.15, -0.1) is 0 Å². The average molecular weight is 297 g/mol. The number of carbonyl (C=O) groups is 2. The summed E-state index contributed by atoms with van der Waals surface area (Å²) in [5, 5.41) is 12.4. The topological polar surface area (TPSA) is 92.4 Å². The van der Waals surface area contributed by atoms with E-state index in [0.717, 1.165) is 12.8 Å². The van der Waals surface area contributed by atoms with Crippen molar-refractivity contribution in [2.24, 2.45) is 5.41 Å². The average Bonchev–Trinajstić information content (AvgIpc) is 2.89. The Morgan fingerprint density at radius 2 is 2.00 bits per heavy atom. The molecule has 20 heavy (non-hydrogen) atoms. The monoisotopic (exact) mass is 296 g/mol. The Morgan fingerprint density at radius 3 is 2.55 bits per heavy atom. The molecule has 1 aliphatic carbocycles. The Morgan fingerprint density at radius 1 is 1.35 bits per heavy atom. The summed E-state index contributed by atoms with van der Waals surface area (Å²) in [5.41, 5.74) is 5.53. The molecule has 2 rings (SSSR count). The second-order valence-corrected chi connectivity index (χ2v) is 5.62. The molecule has 0 bridgehead atoms. The van der Waals surface area contributed by atoms with Gasteiger partial charge in [-0.05, 0) is 31.0 Å². The van der Waals surface area contributed by atoms with Crippen LogP contribution in [0.5, 0.6) is 0 Å². The van der Waals surface area contributed by atoms with E-state index in [1.165, 1.54) is 6.07 Å². The minimum atomic E-state index is -0.842. The molecule has 0 aromatic heterocycles. The molecule has 5 nitrogen and oxygen atoms in total. The quantitative estimate of drug-likeness (QED) is 0.743. The van der Waals surface area contributed by atoms with Crippen molar-refractivity contribution < 1.29 is 14.7 Å². The number of rotatable bonds is 4. The lowest BCUT2D eigenvalue weighted by Crippen LogP contribution is -2.41. The maximum Gasteiger partial charge on any atom is 0.311 e. The van der Waals surface area contributed by atoms with Gasteiger partial charge < -0.3 is 16.2 Å². The lowest BCUT2D eigenvalue weighted by Gasteiger charge is -2.24. The van der Waals surface area contributed by atoms with Crippen molar-refractivity contribution in [1.82, 2.24) is 5.32 Å². The molecule has 0 atom stereocenters. The van der Waals surface area contributed by atoms with Crippen LogP contribution in [0.3, 0.4) is 0 Å². The maximum atomic E-state index is 12.0. The van der Waals surface area contributed by atoms with Crippen LogP contribution in [0.2, 0.25) is 5.02 Å². The maximum absolute atomic E-state index is 12.0. The first kappa shape index (κ1) is 14.7. The number of carboxylic acids is 1. The second-order valence-electron chi connectivity index (χ2n) is 5.21. The van der Waals surface area contributed by atoms with Gasteiger partial charge in [-0.25, -0.2) is 0 Å². The molecule has 0 unspecified atom stereocenters. The highest BCUT2D eigenvalue weighted by molar-refractivity contribution is 6.33. The number of nitrogens with one attached hydrogen (secondary N) is 1. The summed E-state index contributed by atoms with van der Waals surface area (Å²) >= 11 is 5.80. The molecule has 1 aliphatic rings. The van der Waals surface area contributed by atoms with Crippen molar-refractivity contribution in [2.45, 2.75) is 25.7 Å². The summed E-state index contributed by atoms with van der Waals surface area (Å²) in [6.45, 7) is 0.143. The fourth-order valence-corrected chi connectivity index (χ4v) is 2.67. The molecule has 6 heteroatoms. The van der Waals surface area contributed by atoms with E-state index in [2.05, 4.69) is 5.32 Å². The molecule has 108 valence electrons. The van der Waals surface area contributed by atoms with Gasteiger partial charge in [-0.3, -0.25) is 9.59 Å². The van der Waals surface area contributed by atoms with Crippen molar-refractivity contribution in [3.63, 3.8) is 0 Å². The molecule has 1 aromatic carbocycles. The van der Waals surface area contributed by atoms with E-state index < -0.39 is 11.4 Å².